The molecule has 0 aliphatic heterocycles. The van der Waals surface area contributed by atoms with Crippen molar-refractivity contribution in [2.24, 2.45) is 0 Å². The number of nitro benzene ring substituents is 1. The van der Waals surface area contributed by atoms with Crippen LogP contribution in [0, 0.1) is 10.1 Å². The van der Waals surface area contributed by atoms with E-state index in [2.05, 4.69) is 6.92 Å². The lowest BCUT2D eigenvalue weighted by Gasteiger charge is -2.00. The fourth-order valence-electron chi connectivity index (χ4n) is 3.08. The number of nitro groups is 1. The quantitative estimate of drug-likeness (QED) is 0.164. The lowest BCUT2D eigenvalue weighted by atomic mass is 10.0. The number of carbonyl (C=O) groups is 2. The zero-order chi connectivity index (χ0) is 22.9. The van der Waals surface area contributed by atoms with Crippen molar-refractivity contribution in [1.29, 1.82) is 0 Å². The minimum Gasteiger partial charge on any atom is -0.481 e. The Morgan fingerprint density at radius 1 is 0.774 bits per heavy atom. The van der Waals surface area contributed by atoms with Gasteiger partial charge in [0.2, 0.25) is 0 Å². The van der Waals surface area contributed by atoms with Gasteiger partial charge in [0.15, 0.2) is 5.78 Å². The average Bonchev–Trinajstić information content (AvgIpc) is 2.78. The summed E-state index contributed by atoms with van der Waals surface area (Å²) in [5.41, 5.74) is 0.998. The number of rotatable bonds is 13. The molecule has 0 amide bonds. The molecule has 6 nitrogen and oxygen atoms in total. The van der Waals surface area contributed by atoms with Gasteiger partial charge < -0.3 is 5.11 Å². The van der Waals surface area contributed by atoms with Crippen molar-refractivity contribution in [2.45, 2.75) is 71.1 Å². The van der Waals surface area contributed by atoms with Gasteiger partial charge in [0.25, 0.3) is 5.69 Å². The van der Waals surface area contributed by atoms with Crippen LogP contribution in [-0.4, -0.2) is 21.8 Å². The van der Waals surface area contributed by atoms with Crippen molar-refractivity contribution in [3.8, 4) is 0 Å². The van der Waals surface area contributed by atoms with E-state index in [-0.39, 0.29) is 11.5 Å². The maximum atomic E-state index is 12.0. The number of hydrogen-bond donors (Lipinski definition) is 1. The van der Waals surface area contributed by atoms with E-state index in [4.69, 9.17) is 5.11 Å². The van der Waals surface area contributed by atoms with Crippen LogP contribution < -0.4 is 0 Å². The molecule has 0 spiro atoms. The monoisotopic (exact) mass is 427 g/mol. The predicted octanol–water partition coefficient (Wildman–Crippen LogP) is 6.82. The lowest BCUT2D eigenvalue weighted by molar-refractivity contribution is -0.384. The molecular formula is C25H33NO5. The van der Waals surface area contributed by atoms with Crippen LogP contribution in [0.5, 0.6) is 0 Å². The van der Waals surface area contributed by atoms with Crippen LogP contribution in [0.3, 0.4) is 0 Å². The molecule has 0 radical (unpaired) electrons. The van der Waals surface area contributed by atoms with Gasteiger partial charge in [-0.2, -0.15) is 0 Å². The Bertz CT molecular complexity index is 787. The third kappa shape index (κ3) is 11.7. The first kappa shape index (κ1) is 26.0. The van der Waals surface area contributed by atoms with Gasteiger partial charge >= 0.3 is 5.97 Å². The number of aliphatic carboxylic acids is 1. The highest BCUT2D eigenvalue weighted by atomic mass is 16.6. The first-order chi connectivity index (χ1) is 15.0. The van der Waals surface area contributed by atoms with E-state index < -0.39 is 10.9 Å². The Hall–Kier alpha value is -3.02. The molecule has 6 heteroatoms. The maximum Gasteiger partial charge on any atom is 0.303 e. The van der Waals surface area contributed by atoms with Gasteiger partial charge in [-0.3, -0.25) is 19.7 Å². The molecule has 2 aromatic rings. The van der Waals surface area contributed by atoms with E-state index >= 15 is 0 Å². The van der Waals surface area contributed by atoms with Gasteiger partial charge in [-0.15, -0.1) is 0 Å². The summed E-state index contributed by atoms with van der Waals surface area (Å²) in [5, 5.41) is 18.9. The smallest absolute Gasteiger partial charge is 0.303 e. The standard InChI is InChI=1S/C13H9NO3.C12H24O2/c15-13(10-4-2-1-3-5-10)11-6-8-12(9-7-11)14(16)17;1-2-3-4-5-6-7-8-9-10-11-12(13)14/h1-9H;2-11H2,1H3,(H,13,14). The van der Waals surface area contributed by atoms with Crippen molar-refractivity contribution in [3.63, 3.8) is 0 Å². The number of non-ortho nitro benzene ring substituents is 1. The average molecular weight is 428 g/mol. The van der Waals surface area contributed by atoms with E-state index in [1.54, 1.807) is 24.3 Å². The van der Waals surface area contributed by atoms with Crippen LogP contribution in [-0.2, 0) is 4.79 Å². The highest BCUT2D eigenvalue weighted by Gasteiger charge is 2.10. The Labute approximate surface area is 184 Å². The summed E-state index contributed by atoms with van der Waals surface area (Å²) in [6.45, 7) is 2.23. The van der Waals surface area contributed by atoms with Crippen molar-refractivity contribution < 1.29 is 19.6 Å². The number of hydrogen-bond acceptors (Lipinski definition) is 4. The third-order valence-electron chi connectivity index (χ3n) is 4.87. The second-order valence-electron chi connectivity index (χ2n) is 7.47. The summed E-state index contributed by atoms with van der Waals surface area (Å²) >= 11 is 0. The first-order valence-corrected chi connectivity index (χ1v) is 11.0. The molecule has 2 rings (SSSR count). The van der Waals surface area contributed by atoms with Gasteiger partial charge in [-0.1, -0.05) is 88.6 Å². The molecule has 0 fully saturated rings. The lowest BCUT2D eigenvalue weighted by Crippen LogP contribution is -2.00. The fourth-order valence-corrected chi connectivity index (χ4v) is 3.08. The Kier molecular flexibility index (Phi) is 13.2. The third-order valence-corrected chi connectivity index (χ3v) is 4.87. The van der Waals surface area contributed by atoms with E-state index in [9.17, 15) is 19.7 Å². The number of unbranched alkanes of at least 4 members (excludes halogenated alkanes) is 8. The normalized spacial score (nSPS) is 10.1. The van der Waals surface area contributed by atoms with Crippen LogP contribution in [0.2, 0.25) is 0 Å². The Morgan fingerprint density at radius 3 is 1.74 bits per heavy atom. The van der Waals surface area contributed by atoms with Crippen LogP contribution in [0.4, 0.5) is 5.69 Å². The second kappa shape index (κ2) is 15.8. The highest BCUT2D eigenvalue weighted by molar-refractivity contribution is 6.09. The van der Waals surface area contributed by atoms with E-state index in [0.717, 1.165) is 12.8 Å². The maximum absolute atomic E-state index is 12.0. The number of carboxylic acids is 1. The topological polar surface area (TPSA) is 97.5 Å². The van der Waals surface area contributed by atoms with E-state index in [1.165, 1.54) is 69.2 Å². The van der Waals surface area contributed by atoms with Gasteiger partial charge in [-0.05, 0) is 18.6 Å². The number of nitrogens with zero attached hydrogens (tertiary/aromatic N) is 1. The van der Waals surface area contributed by atoms with Gasteiger partial charge in [0.05, 0.1) is 4.92 Å². The zero-order valence-corrected chi connectivity index (χ0v) is 18.3. The molecule has 0 saturated carbocycles. The minimum atomic E-state index is -0.659. The molecule has 0 bridgehead atoms. The SMILES string of the molecule is CCCCCCCCCCCC(=O)O.O=C(c1ccccc1)c1ccc([N+](=O)[O-])cc1. The molecule has 0 saturated heterocycles. The summed E-state index contributed by atoms with van der Waals surface area (Å²) in [6, 6.07) is 14.4. The molecule has 2 aromatic carbocycles. The summed E-state index contributed by atoms with van der Waals surface area (Å²) < 4.78 is 0. The summed E-state index contributed by atoms with van der Waals surface area (Å²) in [5.74, 6) is -0.798. The number of benzene rings is 2. The molecular weight excluding hydrogens is 394 g/mol. The van der Waals surface area contributed by atoms with Gasteiger partial charge in [-0.25, -0.2) is 0 Å². The van der Waals surface area contributed by atoms with E-state index in [1.807, 2.05) is 6.07 Å². The van der Waals surface area contributed by atoms with Crippen LogP contribution in [0.1, 0.15) is 87.1 Å². The molecule has 1 N–H and O–H groups in total. The predicted molar refractivity (Wildman–Crippen MR) is 122 cm³/mol. The van der Waals surface area contributed by atoms with Crippen LogP contribution >= 0.6 is 0 Å². The summed E-state index contributed by atoms with van der Waals surface area (Å²) in [7, 11) is 0. The van der Waals surface area contributed by atoms with Gasteiger partial charge in [0, 0.05) is 29.7 Å². The molecule has 0 aliphatic carbocycles. The van der Waals surface area contributed by atoms with E-state index in [0.29, 0.717) is 17.5 Å². The molecule has 0 unspecified atom stereocenters. The minimum absolute atomic E-state index is 0.0189. The molecule has 0 atom stereocenters. The summed E-state index contributed by atoms with van der Waals surface area (Å²) in [4.78, 5) is 32.1. The van der Waals surface area contributed by atoms with Gasteiger partial charge in [0.1, 0.15) is 0 Å². The van der Waals surface area contributed by atoms with Crippen molar-refractivity contribution in [3.05, 3.63) is 75.8 Å². The molecule has 0 aromatic heterocycles. The number of carbonyl (C=O) groups excluding carboxylic acids is 1. The number of ketones is 1. The molecule has 0 heterocycles. The van der Waals surface area contributed by atoms with Crippen molar-refractivity contribution in [2.75, 3.05) is 0 Å². The molecule has 0 aliphatic rings. The largest absolute Gasteiger partial charge is 0.481 e. The number of carboxylic acid groups (broad SMARTS) is 1. The van der Waals surface area contributed by atoms with Crippen molar-refractivity contribution in [1.82, 2.24) is 0 Å². The van der Waals surface area contributed by atoms with Crippen LogP contribution in [0.15, 0.2) is 54.6 Å². The van der Waals surface area contributed by atoms with Crippen molar-refractivity contribution >= 4 is 17.4 Å². The Morgan fingerprint density at radius 2 is 1.26 bits per heavy atom. The summed E-state index contributed by atoms with van der Waals surface area (Å²) in [6.07, 6.45) is 11.5. The fraction of sp³-hybridized carbons (Fsp3) is 0.440. The van der Waals surface area contributed by atoms with Crippen LogP contribution in [0.25, 0.3) is 0 Å². The molecule has 31 heavy (non-hydrogen) atoms. The first-order valence-electron chi connectivity index (χ1n) is 11.0. The molecule has 168 valence electrons. The highest BCUT2D eigenvalue weighted by Crippen LogP contribution is 2.15. The second-order valence-corrected chi connectivity index (χ2v) is 7.47. The zero-order valence-electron chi connectivity index (χ0n) is 18.3. The Balaban J connectivity index is 0.000000318.